The second kappa shape index (κ2) is 4.97. The van der Waals surface area contributed by atoms with Crippen LogP contribution >= 0.6 is 15.9 Å². The fraction of sp³-hybridized carbons (Fsp3) is 0.333. The van der Waals surface area contributed by atoms with E-state index in [1.54, 1.807) is 0 Å². The number of carbonyl (C=O) groups is 1. The number of hydrogen-bond acceptors (Lipinski definition) is 3. The molecule has 1 aromatic rings. The van der Waals surface area contributed by atoms with Crippen molar-refractivity contribution in [2.24, 2.45) is 0 Å². The molecule has 0 aliphatic rings. The molecule has 0 bridgehead atoms. The third-order valence-electron chi connectivity index (χ3n) is 1.78. The van der Waals surface area contributed by atoms with Gasteiger partial charge in [-0.05, 0) is 28.4 Å². The summed E-state index contributed by atoms with van der Waals surface area (Å²) in [5, 5.41) is 11.8. The molecule has 15 heavy (non-hydrogen) atoms. The molecule has 0 spiro atoms. The molecular weight excluding hydrogens is 264 g/mol. The monoisotopic (exact) mass is 274 g/mol. The number of rotatable bonds is 4. The maximum atomic E-state index is 11.2. The Morgan fingerprint density at radius 3 is 2.87 bits per heavy atom. The molecule has 3 N–H and O–H groups in total. The molecule has 1 rings (SSSR count). The number of anilines is 1. The molecule has 0 aliphatic heterocycles. The summed E-state index contributed by atoms with van der Waals surface area (Å²) in [5.41, 5.74) is -0.298. The summed E-state index contributed by atoms with van der Waals surface area (Å²) in [5.74, 6) is -0.830. The molecule has 0 aliphatic carbocycles. The maximum absolute atomic E-state index is 11.2. The quantitative estimate of drug-likeness (QED) is 0.780. The number of aromatic nitrogens is 1. The van der Waals surface area contributed by atoms with Gasteiger partial charge in [-0.2, -0.15) is 0 Å². The Morgan fingerprint density at radius 2 is 2.33 bits per heavy atom. The summed E-state index contributed by atoms with van der Waals surface area (Å²) in [7, 11) is 0. The van der Waals surface area contributed by atoms with Gasteiger partial charge in [-0.3, -0.25) is 4.79 Å². The summed E-state index contributed by atoms with van der Waals surface area (Å²) >= 11 is 2.98. The molecule has 0 atom stereocenters. The van der Waals surface area contributed by atoms with Crippen LogP contribution < -0.4 is 10.9 Å². The summed E-state index contributed by atoms with van der Waals surface area (Å²) < 4.78 is 0.210. The van der Waals surface area contributed by atoms with E-state index in [4.69, 9.17) is 5.11 Å². The van der Waals surface area contributed by atoms with E-state index in [-0.39, 0.29) is 21.4 Å². The van der Waals surface area contributed by atoms with Gasteiger partial charge in [0.05, 0.1) is 4.47 Å². The number of H-pyrrole nitrogens is 1. The number of aromatic amines is 1. The Balaban J connectivity index is 3.16. The number of hydrogen-bond donors (Lipinski definition) is 3. The lowest BCUT2D eigenvalue weighted by Gasteiger charge is -2.08. The van der Waals surface area contributed by atoms with Crippen LogP contribution in [0.4, 0.5) is 5.82 Å². The third kappa shape index (κ3) is 2.82. The molecule has 0 unspecified atom stereocenters. The highest BCUT2D eigenvalue weighted by Gasteiger charge is 2.12. The molecule has 0 amide bonds. The molecule has 5 nitrogen and oxygen atoms in total. The van der Waals surface area contributed by atoms with Gasteiger partial charge in [0, 0.05) is 6.54 Å². The lowest BCUT2D eigenvalue weighted by molar-refractivity contribution is 0.0697. The van der Waals surface area contributed by atoms with Gasteiger partial charge in [0.15, 0.2) is 0 Å². The summed E-state index contributed by atoms with van der Waals surface area (Å²) in [6.07, 6.45) is 0.844. The first kappa shape index (κ1) is 11.8. The minimum Gasteiger partial charge on any atom is -0.478 e. The Labute approximate surface area is 94.6 Å². The van der Waals surface area contributed by atoms with Crippen LogP contribution in [0.5, 0.6) is 0 Å². The smallest absolute Gasteiger partial charge is 0.339 e. The molecule has 0 saturated carbocycles. The zero-order chi connectivity index (χ0) is 11.4. The third-order valence-corrected chi connectivity index (χ3v) is 2.37. The van der Waals surface area contributed by atoms with Gasteiger partial charge in [-0.25, -0.2) is 4.79 Å². The summed E-state index contributed by atoms with van der Waals surface area (Å²) in [6.45, 7) is 2.56. The van der Waals surface area contributed by atoms with Crippen LogP contribution in [-0.4, -0.2) is 22.6 Å². The van der Waals surface area contributed by atoms with Gasteiger partial charge in [0.1, 0.15) is 11.4 Å². The Hall–Kier alpha value is -1.30. The van der Waals surface area contributed by atoms with Crippen LogP contribution in [0.25, 0.3) is 0 Å². The van der Waals surface area contributed by atoms with E-state index in [2.05, 4.69) is 26.2 Å². The van der Waals surface area contributed by atoms with Crippen molar-refractivity contribution in [1.29, 1.82) is 0 Å². The van der Waals surface area contributed by atoms with Crippen LogP contribution in [0.2, 0.25) is 0 Å². The first-order valence-corrected chi connectivity index (χ1v) is 5.25. The molecule has 6 heteroatoms. The van der Waals surface area contributed by atoms with Gasteiger partial charge < -0.3 is 15.4 Å². The largest absolute Gasteiger partial charge is 0.478 e. The van der Waals surface area contributed by atoms with Crippen molar-refractivity contribution in [2.75, 3.05) is 11.9 Å². The highest BCUT2D eigenvalue weighted by atomic mass is 79.9. The van der Waals surface area contributed by atoms with Crippen molar-refractivity contribution in [1.82, 2.24) is 4.98 Å². The molecule has 1 aromatic heterocycles. The average Bonchev–Trinajstić information content (AvgIpc) is 2.19. The second-order valence-electron chi connectivity index (χ2n) is 2.97. The predicted molar refractivity (Wildman–Crippen MR) is 60.5 cm³/mol. The molecule has 1 heterocycles. The molecule has 0 radical (unpaired) electrons. The van der Waals surface area contributed by atoms with Crippen LogP contribution in [-0.2, 0) is 0 Å². The van der Waals surface area contributed by atoms with Crippen molar-refractivity contribution >= 4 is 27.7 Å². The number of pyridine rings is 1. The Bertz CT molecular complexity index is 428. The topological polar surface area (TPSA) is 82.2 Å². The zero-order valence-corrected chi connectivity index (χ0v) is 9.72. The fourth-order valence-corrected chi connectivity index (χ4v) is 1.39. The van der Waals surface area contributed by atoms with Gasteiger partial charge in [0.25, 0.3) is 5.56 Å². The van der Waals surface area contributed by atoms with Crippen LogP contribution in [0.15, 0.2) is 15.3 Å². The number of aromatic carboxylic acids is 1. The maximum Gasteiger partial charge on any atom is 0.339 e. The van der Waals surface area contributed by atoms with E-state index in [1.807, 2.05) is 6.92 Å². The summed E-state index contributed by atoms with van der Waals surface area (Å²) in [4.78, 5) is 24.6. The highest BCUT2D eigenvalue weighted by molar-refractivity contribution is 9.10. The van der Waals surface area contributed by atoms with Crippen molar-refractivity contribution in [3.05, 3.63) is 26.5 Å². The Morgan fingerprint density at radius 1 is 1.67 bits per heavy atom. The van der Waals surface area contributed by atoms with E-state index in [1.165, 1.54) is 6.07 Å². The predicted octanol–water partition coefficient (Wildman–Crippen LogP) is 1.66. The van der Waals surface area contributed by atoms with Gasteiger partial charge >= 0.3 is 5.97 Å². The van der Waals surface area contributed by atoms with Crippen LogP contribution in [0, 0.1) is 0 Å². The Kier molecular flexibility index (Phi) is 3.90. The average molecular weight is 275 g/mol. The van der Waals surface area contributed by atoms with Gasteiger partial charge in [-0.15, -0.1) is 0 Å². The molecule has 82 valence electrons. The van der Waals surface area contributed by atoms with Gasteiger partial charge in [0.2, 0.25) is 0 Å². The molecular formula is C9H11BrN2O3. The first-order valence-electron chi connectivity index (χ1n) is 4.46. The van der Waals surface area contributed by atoms with Crippen molar-refractivity contribution in [3.63, 3.8) is 0 Å². The van der Waals surface area contributed by atoms with Gasteiger partial charge in [-0.1, -0.05) is 6.92 Å². The minimum absolute atomic E-state index is 0.0509. The summed E-state index contributed by atoms with van der Waals surface area (Å²) in [6, 6.07) is 1.29. The number of halogens is 1. The normalized spacial score (nSPS) is 10.0. The molecule has 0 fully saturated rings. The van der Waals surface area contributed by atoms with E-state index >= 15 is 0 Å². The van der Waals surface area contributed by atoms with Crippen molar-refractivity contribution < 1.29 is 9.90 Å². The van der Waals surface area contributed by atoms with E-state index in [9.17, 15) is 9.59 Å². The molecule has 0 aromatic carbocycles. The van der Waals surface area contributed by atoms with E-state index < -0.39 is 5.97 Å². The SMILES string of the molecule is CCCNc1[nH]c(=O)c(Br)cc1C(=O)O. The van der Waals surface area contributed by atoms with Crippen LogP contribution in [0.1, 0.15) is 23.7 Å². The molecule has 0 saturated heterocycles. The fourth-order valence-electron chi connectivity index (χ4n) is 1.06. The standard InChI is InChI=1S/C9H11BrN2O3/c1-2-3-11-7-5(9(14)15)4-6(10)8(13)12-7/h4H,2-3H2,1H3,(H,14,15)(H2,11,12,13). The lowest BCUT2D eigenvalue weighted by Crippen LogP contribution is -2.16. The number of carboxylic acids is 1. The highest BCUT2D eigenvalue weighted by Crippen LogP contribution is 2.14. The van der Waals surface area contributed by atoms with E-state index in [0.29, 0.717) is 6.54 Å². The number of carboxylic acid groups (broad SMARTS) is 1. The second-order valence-corrected chi connectivity index (χ2v) is 3.82. The minimum atomic E-state index is -1.08. The lowest BCUT2D eigenvalue weighted by atomic mass is 10.2. The van der Waals surface area contributed by atoms with Crippen molar-refractivity contribution in [3.8, 4) is 0 Å². The first-order chi connectivity index (χ1) is 7.06. The number of nitrogens with one attached hydrogen (secondary N) is 2. The van der Waals surface area contributed by atoms with Crippen molar-refractivity contribution in [2.45, 2.75) is 13.3 Å². The van der Waals surface area contributed by atoms with Crippen LogP contribution in [0.3, 0.4) is 0 Å². The van der Waals surface area contributed by atoms with E-state index in [0.717, 1.165) is 6.42 Å². The zero-order valence-electron chi connectivity index (χ0n) is 8.13.